The van der Waals surface area contributed by atoms with Crippen molar-refractivity contribution in [1.82, 2.24) is 24.9 Å². The van der Waals surface area contributed by atoms with Gasteiger partial charge in [0.15, 0.2) is 0 Å². The Morgan fingerprint density at radius 1 is 1.25 bits per heavy atom. The van der Waals surface area contributed by atoms with Crippen LogP contribution in [0.5, 0.6) is 5.88 Å². The molecule has 2 aliphatic carbocycles. The number of halogens is 1. The lowest BCUT2D eigenvalue weighted by atomic mass is 9.88. The van der Waals surface area contributed by atoms with Crippen molar-refractivity contribution in [3.8, 4) is 5.88 Å². The summed E-state index contributed by atoms with van der Waals surface area (Å²) in [6.07, 6.45) is 6.56. The highest BCUT2D eigenvalue weighted by molar-refractivity contribution is 6.46. The molecule has 0 spiro atoms. The minimum Gasteiger partial charge on any atom is -0.468 e. The molecule has 5 rings (SSSR count). The van der Waals surface area contributed by atoms with E-state index in [0.29, 0.717) is 60.1 Å². The number of carbonyl (C=O) groups excluding carboxylic acids is 1. The average molecular weight is 516 g/mol. The van der Waals surface area contributed by atoms with Gasteiger partial charge in [0.1, 0.15) is 17.1 Å². The monoisotopic (exact) mass is 515 g/mol. The van der Waals surface area contributed by atoms with E-state index in [1.54, 1.807) is 17.2 Å². The van der Waals surface area contributed by atoms with Crippen LogP contribution < -0.4 is 15.4 Å². The molecule has 0 radical (unpaired) electrons. The molecule has 194 valence electrons. The number of aliphatic hydroxyl groups excluding tert-OH is 1. The van der Waals surface area contributed by atoms with Gasteiger partial charge >= 0.3 is 6.09 Å². The number of piperidine rings is 1. The maximum absolute atomic E-state index is 12.4. The van der Waals surface area contributed by atoms with Crippen molar-refractivity contribution in [2.45, 2.75) is 77.2 Å². The lowest BCUT2D eigenvalue weighted by molar-refractivity contribution is 0.00713. The minimum absolute atomic E-state index is 0.0264. The van der Waals surface area contributed by atoms with E-state index in [1.807, 2.05) is 31.5 Å². The van der Waals surface area contributed by atoms with E-state index < -0.39 is 17.8 Å². The summed E-state index contributed by atoms with van der Waals surface area (Å²) >= 11 is 6.72. The Balaban J connectivity index is 1.26. The molecule has 1 saturated carbocycles. The van der Waals surface area contributed by atoms with E-state index in [9.17, 15) is 9.90 Å². The Bertz CT molecular complexity index is 1230. The quantitative estimate of drug-likeness (QED) is 0.631. The van der Waals surface area contributed by atoms with Crippen LogP contribution in [0, 0.1) is 11.8 Å². The summed E-state index contributed by atoms with van der Waals surface area (Å²) in [5.74, 6) is 1.02. The summed E-state index contributed by atoms with van der Waals surface area (Å²) in [5.41, 5.74) is 0.0945. The van der Waals surface area contributed by atoms with Crippen LogP contribution >= 0.6 is 11.6 Å². The van der Waals surface area contributed by atoms with Crippen molar-refractivity contribution in [2.75, 3.05) is 13.1 Å². The number of aromatic nitrogens is 4. The number of hydrogen-bond acceptors (Lipinski definition) is 7. The summed E-state index contributed by atoms with van der Waals surface area (Å²) in [6, 6.07) is 3.63. The summed E-state index contributed by atoms with van der Waals surface area (Å²) in [6.45, 7) is 7.51. The van der Waals surface area contributed by atoms with Crippen LogP contribution in [0.4, 0.5) is 4.79 Å². The van der Waals surface area contributed by atoms with Gasteiger partial charge in [0.2, 0.25) is 5.88 Å². The number of fused-ring (bicyclic) bond motifs is 1. The second kappa shape index (κ2) is 10.0. The van der Waals surface area contributed by atoms with Gasteiger partial charge in [0.05, 0.1) is 16.5 Å². The highest BCUT2D eigenvalue weighted by Gasteiger charge is 2.33. The zero-order valence-corrected chi connectivity index (χ0v) is 21.8. The van der Waals surface area contributed by atoms with Gasteiger partial charge in [-0.25, -0.2) is 14.5 Å². The molecule has 1 saturated heterocycles. The third-order valence-corrected chi connectivity index (χ3v) is 7.37. The summed E-state index contributed by atoms with van der Waals surface area (Å²) in [4.78, 5) is 18.5. The number of amides is 1. The Hall–Kier alpha value is -2.65. The van der Waals surface area contributed by atoms with Crippen LogP contribution in [-0.2, 0) is 11.3 Å². The van der Waals surface area contributed by atoms with Gasteiger partial charge < -0.3 is 19.5 Å². The van der Waals surface area contributed by atoms with Crippen LogP contribution in [0.25, 0.3) is 11.1 Å². The second-order valence-electron chi connectivity index (χ2n) is 11.0. The van der Waals surface area contributed by atoms with Gasteiger partial charge in [-0.1, -0.05) is 22.9 Å². The molecule has 0 aromatic carbocycles. The molecule has 2 fully saturated rings. The molecule has 1 aliphatic heterocycles. The van der Waals surface area contributed by atoms with Crippen molar-refractivity contribution in [3.05, 3.63) is 34.6 Å². The topological polar surface area (TPSA) is 103 Å². The van der Waals surface area contributed by atoms with Gasteiger partial charge in [-0.3, -0.25) is 0 Å². The van der Waals surface area contributed by atoms with E-state index >= 15 is 0 Å². The first-order valence-electron chi connectivity index (χ1n) is 12.8. The van der Waals surface area contributed by atoms with E-state index in [0.717, 1.165) is 11.9 Å². The van der Waals surface area contributed by atoms with Crippen molar-refractivity contribution >= 4 is 28.8 Å². The zero-order valence-electron chi connectivity index (χ0n) is 21.1. The maximum Gasteiger partial charge on any atom is 0.410 e. The zero-order chi connectivity index (χ0) is 25.4. The minimum atomic E-state index is -0.768. The number of hydrogen-bond donors (Lipinski definition) is 1. The number of nitrogens with zero attached hydrogens (tertiary/aromatic N) is 5. The molecule has 2 aromatic rings. The van der Waals surface area contributed by atoms with Crippen LogP contribution in [0.15, 0.2) is 18.3 Å². The van der Waals surface area contributed by atoms with E-state index in [4.69, 9.17) is 21.1 Å². The van der Waals surface area contributed by atoms with Crippen LogP contribution in [0.2, 0.25) is 0 Å². The molecule has 2 aromatic heterocycles. The molecule has 10 heteroatoms. The van der Waals surface area contributed by atoms with Gasteiger partial charge in [0, 0.05) is 37.8 Å². The first-order chi connectivity index (χ1) is 17.2. The third-order valence-electron chi connectivity index (χ3n) is 6.95. The third kappa shape index (κ3) is 5.52. The molecule has 3 heterocycles. The second-order valence-corrected chi connectivity index (χ2v) is 11.4. The van der Waals surface area contributed by atoms with Gasteiger partial charge in [0.25, 0.3) is 0 Å². The molecule has 2 unspecified atom stereocenters. The molecule has 9 nitrogen and oxygen atoms in total. The number of rotatable bonds is 6. The highest BCUT2D eigenvalue weighted by Crippen LogP contribution is 2.36. The fourth-order valence-electron chi connectivity index (χ4n) is 4.79. The van der Waals surface area contributed by atoms with Crippen molar-refractivity contribution in [3.63, 3.8) is 0 Å². The number of ether oxygens (including phenoxy) is 2. The number of carbonyl (C=O) groups is 1. The average Bonchev–Trinajstić information content (AvgIpc) is 3.57. The standard InChI is InChI=1S/C26H34ClN5O4/c1-26(2,3)36-25(34)31-13-10-17(11-14-31)23(33)18-5-4-12-28-24(18)35-20-9-8-19-22(21(20)27)29-30-32(19)15-16-6-7-16/h4-5,8,12,16-17,20,23,33H,6-7,9-11,13-15H2,1-3H3. The Labute approximate surface area is 215 Å². The van der Waals surface area contributed by atoms with Gasteiger partial charge in [-0.05, 0) is 70.4 Å². The predicted molar refractivity (Wildman–Crippen MR) is 134 cm³/mol. The Kier molecular flexibility index (Phi) is 6.96. The molecule has 1 N–H and O–H groups in total. The SMILES string of the molecule is CC(C)(C)OC(=O)N1CCC(C(O)c2cccnc2OC2CC=c3c(nnn3CC3CC3)=C2Cl)CC1. The lowest BCUT2D eigenvalue weighted by Crippen LogP contribution is -2.42. The molecular formula is C26H34ClN5O4. The van der Waals surface area contributed by atoms with Gasteiger partial charge in [-0.2, -0.15) is 0 Å². The highest BCUT2D eigenvalue weighted by atomic mass is 35.5. The predicted octanol–water partition coefficient (Wildman–Crippen LogP) is 2.74. The van der Waals surface area contributed by atoms with E-state index in [2.05, 4.69) is 21.4 Å². The van der Waals surface area contributed by atoms with Crippen molar-refractivity contribution in [2.24, 2.45) is 11.8 Å². The van der Waals surface area contributed by atoms with Crippen LogP contribution in [0.3, 0.4) is 0 Å². The van der Waals surface area contributed by atoms with Crippen molar-refractivity contribution in [1.29, 1.82) is 0 Å². The van der Waals surface area contributed by atoms with Crippen LogP contribution in [-0.4, -0.2) is 60.9 Å². The summed E-state index contributed by atoms with van der Waals surface area (Å²) < 4.78 is 13.7. The van der Waals surface area contributed by atoms with E-state index in [1.165, 1.54) is 12.8 Å². The Morgan fingerprint density at radius 3 is 2.69 bits per heavy atom. The number of aliphatic hydroxyl groups is 1. The molecule has 3 aliphatic rings. The normalized spacial score (nSPS) is 21.5. The largest absolute Gasteiger partial charge is 0.468 e. The summed E-state index contributed by atoms with van der Waals surface area (Å²) in [7, 11) is 0. The molecule has 36 heavy (non-hydrogen) atoms. The number of pyridine rings is 1. The molecule has 1 amide bonds. The van der Waals surface area contributed by atoms with E-state index in [-0.39, 0.29) is 12.0 Å². The molecule has 2 atom stereocenters. The molecule has 0 bridgehead atoms. The summed E-state index contributed by atoms with van der Waals surface area (Å²) in [5, 5.41) is 22.0. The smallest absolute Gasteiger partial charge is 0.410 e. The Morgan fingerprint density at radius 2 is 2.00 bits per heavy atom. The number of likely N-dealkylation sites (tertiary alicyclic amines) is 1. The lowest BCUT2D eigenvalue weighted by Gasteiger charge is -2.35. The maximum atomic E-state index is 12.4. The van der Waals surface area contributed by atoms with Crippen molar-refractivity contribution < 1.29 is 19.4 Å². The fraction of sp³-hybridized carbons (Fsp3) is 0.615. The first-order valence-corrected chi connectivity index (χ1v) is 13.1. The molecular weight excluding hydrogens is 482 g/mol. The fourth-order valence-corrected chi connectivity index (χ4v) is 5.05. The first kappa shape index (κ1) is 25.0. The van der Waals surface area contributed by atoms with Gasteiger partial charge in [-0.15, -0.1) is 5.10 Å². The van der Waals surface area contributed by atoms with Crippen LogP contribution in [0.1, 0.15) is 64.5 Å².